The van der Waals surface area contributed by atoms with E-state index in [1.54, 1.807) is 0 Å². The van der Waals surface area contributed by atoms with Crippen molar-refractivity contribution in [3.05, 3.63) is 58.7 Å². The van der Waals surface area contributed by atoms with E-state index < -0.39 is 0 Å². The van der Waals surface area contributed by atoms with Crippen LogP contribution < -0.4 is 24.8 Å². The average molecular weight is 576 g/mol. The van der Waals surface area contributed by atoms with Gasteiger partial charge in [0.2, 0.25) is 0 Å². The monoisotopic (exact) mass is 573 g/mol. The van der Waals surface area contributed by atoms with Gasteiger partial charge in [-0.3, -0.25) is 0 Å². The van der Waals surface area contributed by atoms with Crippen LogP contribution in [0.5, 0.6) is 0 Å². The van der Waals surface area contributed by atoms with Gasteiger partial charge in [0.25, 0.3) is 0 Å². The standard InChI is InChI=1S/2C11H17.C6H15Si.2ClH.Zr/c2*1-8(2)10-5-6-11(7-10)9(3)4;1-5(2)7-6(3)4;;;/h2*5-9H,1-4H3;5-7H,1-4H3;2*1H;/q2*-1;;;;+4/p-2. The molecule has 0 aliphatic carbocycles. The van der Waals surface area contributed by atoms with Crippen molar-refractivity contribution in [2.45, 2.75) is 118 Å². The molecule has 0 nitrogen and oxygen atoms in total. The second-order valence-electron chi connectivity index (χ2n) is 10.3. The summed E-state index contributed by atoms with van der Waals surface area (Å²) in [5.41, 5.74) is 7.78. The predicted octanol–water partition coefficient (Wildman–Crippen LogP) is 3.39. The van der Waals surface area contributed by atoms with Crippen LogP contribution in [0.2, 0.25) is 11.1 Å². The van der Waals surface area contributed by atoms with Crippen LogP contribution in [0.3, 0.4) is 0 Å². The molecule has 0 aliphatic heterocycles. The summed E-state index contributed by atoms with van der Waals surface area (Å²) >= 11 is 0. The van der Waals surface area contributed by atoms with Gasteiger partial charge < -0.3 is 24.8 Å². The molecule has 0 amide bonds. The molecule has 4 heteroatoms. The molecule has 0 bridgehead atoms. The summed E-state index contributed by atoms with van der Waals surface area (Å²) in [6, 6.07) is 13.6. The third-order valence-corrected chi connectivity index (χ3v) is 6.58. The summed E-state index contributed by atoms with van der Waals surface area (Å²) in [5, 5.41) is 0. The van der Waals surface area contributed by atoms with Gasteiger partial charge >= 0.3 is 26.2 Å². The van der Waals surface area contributed by atoms with Crippen molar-refractivity contribution in [1.82, 2.24) is 0 Å². The Labute approximate surface area is 235 Å². The number of rotatable bonds is 6. The van der Waals surface area contributed by atoms with E-state index in [-0.39, 0.29) is 51.0 Å². The van der Waals surface area contributed by atoms with Gasteiger partial charge in [-0.2, -0.15) is 46.5 Å². The molecule has 32 heavy (non-hydrogen) atoms. The molecular weight excluding hydrogens is 527 g/mol. The molecule has 0 fully saturated rings. The van der Waals surface area contributed by atoms with Gasteiger partial charge in [0.15, 0.2) is 0 Å². The Balaban J connectivity index is -0.000000180. The fourth-order valence-corrected chi connectivity index (χ4v) is 4.71. The van der Waals surface area contributed by atoms with Gasteiger partial charge in [0.1, 0.15) is 0 Å². The van der Waals surface area contributed by atoms with E-state index in [1.165, 1.54) is 22.3 Å². The number of halogens is 2. The van der Waals surface area contributed by atoms with Gasteiger partial charge in [0.05, 0.1) is 0 Å². The minimum atomic E-state index is 0. The van der Waals surface area contributed by atoms with Crippen molar-refractivity contribution >= 4 is 9.52 Å². The maximum Gasteiger partial charge on any atom is 4.00 e. The van der Waals surface area contributed by atoms with Crippen LogP contribution in [0.1, 0.15) is 129 Å². The SMILES string of the molecule is CC(C)[SiH]C(C)C.CC(C)c1c[cH-]c(C(C)C)c1.CC(C)c1c[cH-]c(C(C)C)c1.[Cl-].[Cl-].[Zr+4]. The van der Waals surface area contributed by atoms with E-state index >= 15 is 0 Å². The van der Waals surface area contributed by atoms with Gasteiger partial charge in [-0.1, -0.05) is 106 Å². The smallest absolute Gasteiger partial charge is 1.00 e. The number of hydrogen-bond acceptors (Lipinski definition) is 0. The zero-order valence-electron chi connectivity index (χ0n) is 22.8. The van der Waals surface area contributed by atoms with E-state index in [0.717, 1.165) is 11.1 Å². The van der Waals surface area contributed by atoms with E-state index in [4.69, 9.17) is 0 Å². The Morgan fingerprint density at radius 2 is 0.812 bits per heavy atom. The molecule has 0 heterocycles. The minimum absolute atomic E-state index is 0. The third-order valence-electron chi connectivity index (χ3n) is 5.04. The Kier molecular flexibility index (Phi) is 25.6. The van der Waals surface area contributed by atoms with Gasteiger partial charge in [-0.05, 0) is 11.8 Å². The molecule has 0 saturated heterocycles. The molecule has 0 spiro atoms. The Bertz CT molecular complexity index is 551. The van der Waals surface area contributed by atoms with Gasteiger partial charge in [-0.25, -0.2) is 12.1 Å². The van der Waals surface area contributed by atoms with E-state index in [1.807, 2.05) is 0 Å². The molecule has 183 valence electrons. The fraction of sp³-hybridized carbons (Fsp3) is 0.643. The van der Waals surface area contributed by atoms with E-state index in [9.17, 15) is 0 Å². The molecule has 0 aliphatic rings. The van der Waals surface area contributed by atoms with Crippen molar-refractivity contribution in [1.29, 1.82) is 0 Å². The zero-order chi connectivity index (χ0) is 22.7. The van der Waals surface area contributed by atoms with Crippen molar-refractivity contribution in [2.75, 3.05) is 0 Å². The Morgan fingerprint density at radius 1 is 0.531 bits per heavy atom. The molecular formula is C28H49Cl2SiZr. The second-order valence-corrected chi connectivity index (χ2v) is 13.3. The van der Waals surface area contributed by atoms with Crippen LogP contribution in [-0.4, -0.2) is 9.52 Å². The van der Waals surface area contributed by atoms with Crippen molar-refractivity contribution in [3.63, 3.8) is 0 Å². The van der Waals surface area contributed by atoms with Crippen molar-refractivity contribution in [3.8, 4) is 0 Å². The molecule has 0 N–H and O–H groups in total. The average Bonchev–Trinajstić information content (AvgIpc) is 3.25. The number of hydrogen-bond donors (Lipinski definition) is 0. The largest absolute Gasteiger partial charge is 4.00 e. The fourth-order valence-electron chi connectivity index (χ4n) is 3.17. The van der Waals surface area contributed by atoms with Crippen LogP contribution >= 0.6 is 0 Å². The first kappa shape index (κ1) is 39.6. The molecule has 0 unspecified atom stereocenters. The quantitative estimate of drug-likeness (QED) is 0.366. The molecule has 2 aromatic carbocycles. The second kappa shape index (κ2) is 20.7. The van der Waals surface area contributed by atoms with Crippen LogP contribution in [0.4, 0.5) is 0 Å². The Morgan fingerprint density at radius 3 is 0.906 bits per heavy atom. The summed E-state index contributed by atoms with van der Waals surface area (Å²) in [6.07, 6.45) is 0. The molecule has 2 aromatic rings. The molecule has 0 atom stereocenters. The molecule has 1 radical (unpaired) electrons. The summed E-state index contributed by atoms with van der Waals surface area (Å²) < 4.78 is 0. The summed E-state index contributed by atoms with van der Waals surface area (Å²) in [4.78, 5) is 0. The first-order valence-corrected chi connectivity index (χ1v) is 13.1. The third kappa shape index (κ3) is 17.8. The van der Waals surface area contributed by atoms with E-state index in [2.05, 4.69) is 119 Å². The van der Waals surface area contributed by atoms with Gasteiger partial charge in [-0.15, -0.1) is 0 Å². The van der Waals surface area contributed by atoms with Crippen LogP contribution in [0.25, 0.3) is 0 Å². The Hall–Kier alpha value is 0.380. The normalized spacial score (nSPS) is 10.3. The molecule has 0 aromatic heterocycles. The zero-order valence-corrected chi connectivity index (χ0v) is 27.9. The summed E-state index contributed by atoms with van der Waals surface area (Å²) in [7, 11) is 0.713. The summed E-state index contributed by atoms with van der Waals surface area (Å²) in [5.74, 6) is 2.68. The minimum Gasteiger partial charge on any atom is -1.00 e. The van der Waals surface area contributed by atoms with Crippen LogP contribution in [0.15, 0.2) is 36.4 Å². The first-order valence-electron chi connectivity index (χ1n) is 11.7. The van der Waals surface area contributed by atoms with E-state index in [0.29, 0.717) is 33.2 Å². The maximum atomic E-state index is 2.31. The molecule has 2 rings (SSSR count). The van der Waals surface area contributed by atoms with Crippen molar-refractivity contribution in [2.24, 2.45) is 0 Å². The summed E-state index contributed by atoms with van der Waals surface area (Å²) in [6.45, 7) is 27.1. The molecule has 0 saturated carbocycles. The first-order chi connectivity index (χ1) is 13.3. The van der Waals surface area contributed by atoms with Crippen LogP contribution in [0, 0.1) is 0 Å². The maximum absolute atomic E-state index is 2.31. The van der Waals surface area contributed by atoms with Crippen molar-refractivity contribution < 1.29 is 51.0 Å². The van der Waals surface area contributed by atoms with Gasteiger partial charge in [0, 0.05) is 9.52 Å². The van der Waals surface area contributed by atoms with Crippen LogP contribution in [-0.2, 0) is 26.2 Å². The topological polar surface area (TPSA) is 0 Å². The predicted molar refractivity (Wildman–Crippen MR) is 138 cm³/mol.